The molecule has 1 aromatic heterocycles. The van der Waals surface area contributed by atoms with Crippen LogP contribution in [0.3, 0.4) is 0 Å². The molecule has 0 bridgehead atoms. The number of benzene rings is 1. The number of carbonyl (C=O) groups excluding carboxylic acids is 1. The maximum Gasteiger partial charge on any atom is 0.257 e. The predicted molar refractivity (Wildman–Crippen MR) is 75.2 cm³/mol. The highest BCUT2D eigenvalue weighted by molar-refractivity contribution is 7.07. The van der Waals surface area contributed by atoms with E-state index in [0.717, 1.165) is 12.1 Å². The second-order valence-electron chi connectivity index (χ2n) is 3.91. The maximum atomic E-state index is 11.6. The van der Waals surface area contributed by atoms with Gasteiger partial charge in [0.15, 0.2) is 6.61 Å². The molecule has 3 N–H and O–H groups in total. The van der Waals surface area contributed by atoms with Gasteiger partial charge in [-0.1, -0.05) is 12.1 Å². The van der Waals surface area contributed by atoms with Crippen LogP contribution in [0.1, 0.15) is 5.69 Å². The Morgan fingerprint density at radius 2 is 2.26 bits per heavy atom. The molecule has 0 saturated carbocycles. The van der Waals surface area contributed by atoms with Crippen molar-refractivity contribution >= 4 is 22.9 Å². The van der Waals surface area contributed by atoms with E-state index >= 15 is 0 Å². The van der Waals surface area contributed by atoms with Crippen LogP contribution in [0.2, 0.25) is 0 Å². The summed E-state index contributed by atoms with van der Waals surface area (Å²) in [5.74, 6) is 0.357. The van der Waals surface area contributed by atoms with Crippen LogP contribution in [-0.2, 0) is 11.2 Å². The molecule has 5 nitrogen and oxygen atoms in total. The van der Waals surface area contributed by atoms with Crippen LogP contribution in [0, 0.1) is 0 Å². The Balaban J connectivity index is 1.69. The lowest BCUT2D eigenvalue weighted by Gasteiger charge is -2.08. The molecule has 1 amide bonds. The fourth-order valence-corrected chi connectivity index (χ4v) is 2.09. The number of carbonyl (C=O) groups is 1. The zero-order chi connectivity index (χ0) is 13.5. The first-order chi connectivity index (χ1) is 9.25. The first-order valence-corrected chi connectivity index (χ1v) is 6.81. The van der Waals surface area contributed by atoms with Gasteiger partial charge >= 0.3 is 0 Å². The number of nitrogens with zero attached hydrogens (tertiary/aromatic N) is 1. The molecule has 100 valence electrons. The van der Waals surface area contributed by atoms with E-state index in [1.165, 1.54) is 0 Å². The van der Waals surface area contributed by atoms with Gasteiger partial charge in [-0.2, -0.15) is 0 Å². The number of thiazole rings is 1. The van der Waals surface area contributed by atoms with E-state index in [1.54, 1.807) is 29.0 Å². The predicted octanol–water partition coefficient (Wildman–Crippen LogP) is 1.46. The standard InChI is InChI=1S/C13H15N3O2S/c14-11-3-1-2-4-12(11)18-7-13(17)15-6-5-10-8-19-9-16-10/h1-4,8-9H,5-7,14H2,(H,15,17). The molecular weight excluding hydrogens is 262 g/mol. The fraction of sp³-hybridized carbons (Fsp3) is 0.231. The molecule has 0 aliphatic heterocycles. The quantitative estimate of drug-likeness (QED) is 0.784. The average molecular weight is 277 g/mol. The minimum Gasteiger partial charge on any atom is -0.482 e. The average Bonchev–Trinajstić information content (AvgIpc) is 2.91. The first-order valence-electron chi connectivity index (χ1n) is 5.87. The summed E-state index contributed by atoms with van der Waals surface area (Å²) in [5.41, 5.74) is 8.99. The van der Waals surface area contributed by atoms with Crippen LogP contribution in [-0.4, -0.2) is 24.0 Å². The number of rotatable bonds is 6. The van der Waals surface area contributed by atoms with E-state index < -0.39 is 0 Å². The maximum absolute atomic E-state index is 11.6. The number of ether oxygens (including phenoxy) is 1. The SMILES string of the molecule is Nc1ccccc1OCC(=O)NCCc1cscn1. The number of hydrogen-bond donors (Lipinski definition) is 2. The molecule has 0 aliphatic rings. The first kappa shape index (κ1) is 13.4. The van der Waals surface area contributed by atoms with Crippen LogP contribution in [0.4, 0.5) is 5.69 Å². The van der Waals surface area contributed by atoms with E-state index in [1.807, 2.05) is 17.5 Å². The van der Waals surface area contributed by atoms with E-state index in [0.29, 0.717) is 18.0 Å². The van der Waals surface area contributed by atoms with Gasteiger partial charge in [-0.25, -0.2) is 4.98 Å². The molecule has 0 fully saturated rings. The van der Waals surface area contributed by atoms with E-state index in [-0.39, 0.29) is 12.5 Å². The number of nitrogens with one attached hydrogen (secondary N) is 1. The smallest absolute Gasteiger partial charge is 0.257 e. The van der Waals surface area contributed by atoms with Gasteiger partial charge in [0.1, 0.15) is 5.75 Å². The van der Waals surface area contributed by atoms with Crippen LogP contribution in [0.15, 0.2) is 35.2 Å². The molecule has 2 rings (SSSR count). The summed E-state index contributed by atoms with van der Waals surface area (Å²) in [6.07, 6.45) is 0.725. The molecule has 0 aliphatic carbocycles. The van der Waals surface area contributed by atoms with Crippen LogP contribution >= 0.6 is 11.3 Å². The largest absolute Gasteiger partial charge is 0.482 e. The summed E-state index contributed by atoms with van der Waals surface area (Å²) in [4.78, 5) is 15.7. The molecule has 6 heteroatoms. The van der Waals surface area contributed by atoms with Crippen molar-refractivity contribution < 1.29 is 9.53 Å². The third-order valence-electron chi connectivity index (χ3n) is 2.46. The monoisotopic (exact) mass is 277 g/mol. The molecule has 0 spiro atoms. The van der Waals surface area contributed by atoms with Gasteiger partial charge in [0.25, 0.3) is 5.91 Å². The Morgan fingerprint density at radius 3 is 3.00 bits per heavy atom. The van der Waals surface area contributed by atoms with E-state index in [4.69, 9.17) is 10.5 Å². The Hall–Kier alpha value is -2.08. The lowest BCUT2D eigenvalue weighted by Crippen LogP contribution is -2.30. The van der Waals surface area contributed by atoms with Crippen molar-refractivity contribution in [2.45, 2.75) is 6.42 Å². The Labute approximate surface area is 115 Å². The molecule has 1 aromatic carbocycles. The molecule has 0 radical (unpaired) electrons. The van der Waals surface area contributed by atoms with Crippen molar-refractivity contribution in [3.63, 3.8) is 0 Å². The number of hydrogen-bond acceptors (Lipinski definition) is 5. The van der Waals surface area contributed by atoms with Crippen molar-refractivity contribution in [2.24, 2.45) is 0 Å². The van der Waals surface area contributed by atoms with Crippen LogP contribution in [0.25, 0.3) is 0 Å². The van der Waals surface area contributed by atoms with Crippen molar-refractivity contribution in [1.82, 2.24) is 10.3 Å². The van der Waals surface area contributed by atoms with Crippen molar-refractivity contribution in [3.05, 3.63) is 40.8 Å². The lowest BCUT2D eigenvalue weighted by atomic mass is 10.3. The molecule has 0 atom stereocenters. The zero-order valence-electron chi connectivity index (χ0n) is 10.3. The highest BCUT2D eigenvalue weighted by Gasteiger charge is 2.04. The molecule has 0 unspecified atom stereocenters. The van der Waals surface area contributed by atoms with Gasteiger partial charge in [-0.15, -0.1) is 11.3 Å². The Morgan fingerprint density at radius 1 is 1.42 bits per heavy atom. The van der Waals surface area contributed by atoms with Gasteiger partial charge < -0.3 is 15.8 Å². The molecule has 1 heterocycles. The van der Waals surface area contributed by atoms with Gasteiger partial charge in [0, 0.05) is 18.3 Å². The fourth-order valence-electron chi connectivity index (χ4n) is 1.50. The molecule has 19 heavy (non-hydrogen) atoms. The van der Waals surface area contributed by atoms with Crippen LogP contribution < -0.4 is 15.8 Å². The number of aromatic nitrogens is 1. The van der Waals surface area contributed by atoms with Crippen molar-refractivity contribution in [3.8, 4) is 5.75 Å². The molecule has 0 saturated heterocycles. The van der Waals surface area contributed by atoms with Gasteiger partial charge in [-0.3, -0.25) is 4.79 Å². The summed E-state index contributed by atoms with van der Waals surface area (Å²) < 4.78 is 5.34. The highest BCUT2D eigenvalue weighted by atomic mass is 32.1. The number of nitrogen functional groups attached to an aromatic ring is 1. The van der Waals surface area contributed by atoms with Crippen LogP contribution in [0.5, 0.6) is 5.75 Å². The second kappa shape index (κ2) is 6.75. The van der Waals surface area contributed by atoms with E-state index in [9.17, 15) is 4.79 Å². The van der Waals surface area contributed by atoms with Crippen molar-refractivity contribution in [2.75, 3.05) is 18.9 Å². The summed E-state index contributed by atoms with van der Waals surface area (Å²) in [5, 5.41) is 4.74. The minimum atomic E-state index is -0.168. The topological polar surface area (TPSA) is 77.2 Å². The van der Waals surface area contributed by atoms with Crippen molar-refractivity contribution in [1.29, 1.82) is 0 Å². The highest BCUT2D eigenvalue weighted by Crippen LogP contribution is 2.19. The van der Waals surface area contributed by atoms with Gasteiger partial charge in [0.2, 0.25) is 0 Å². The van der Waals surface area contributed by atoms with Gasteiger partial charge in [-0.05, 0) is 12.1 Å². The summed E-state index contributed by atoms with van der Waals surface area (Å²) in [7, 11) is 0. The normalized spacial score (nSPS) is 10.1. The minimum absolute atomic E-state index is 0.0364. The number of nitrogens with two attached hydrogens (primary N) is 1. The molecule has 2 aromatic rings. The third-order valence-corrected chi connectivity index (χ3v) is 3.10. The number of anilines is 1. The Bertz CT molecular complexity index is 528. The van der Waals surface area contributed by atoms with Gasteiger partial charge in [0.05, 0.1) is 16.9 Å². The number of para-hydroxylation sites is 2. The second-order valence-corrected chi connectivity index (χ2v) is 4.62. The zero-order valence-corrected chi connectivity index (χ0v) is 11.2. The lowest BCUT2D eigenvalue weighted by molar-refractivity contribution is -0.123. The molecular formula is C13H15N3O2S. The Kier molecular flexibility index (Phi) is 4.74. The van der Waals surface area contributed by atoms with E-state index in [2.05, 4.69) is 10.3 Å². The summed E-state index contributed by atoms with van der Waals surface area (Å²) in [6, 6.07) is 7.09. The third kappa shape index (κ3) is 4.26. The summed E-state index contributed by atoms with van der Waals surface area (Å²) in [6.45, 7) is 0.515. The number of amides is 1. The summed E-state index contributed by atoms with van der Waals surface area (Å²) >= 11 is 1.55.